The summed E-state index contributed by atoms with van der Waals surface area (Å²) in [7, 11) is 1.60. The van der Waals surface area contributed by atoms with E-state index in [1.807, 2.05) is 6.92 Å². The zero-order valence-electron chi connectivity index (χ0n) is 5.33. The third kappa shape index (κ3) is 1.23. The molecular weight excluding hydrogens is 120 g/mol. The second-order valence-corrected chi connectivity index (χ2v) is 1.66. The summed E-state index contributed by atoms with van der Waals surface area (Å²) in [5.74, 6) is 0.650. The lowest BCUT2D eigenvalue weighted by Gasteiger charge is -2.01. The van der Waals surface area contributed by atoms with E-state index in [9.17, 15) is 0 Å². The highest BCUT2D eigenvalue weighted by atomic mass is 16.5. The molecule has 9 heavy (non-hydrogen) atoms. The number of hydrogen-bond acceptors (Lipinski definition) is 4. The molecule has 1 aromatic heterocycles. The van der Waals surface area contributed by atoms with Crippen molar-refractivity contribution >= 4 is 0 Å². The summed E-state index contributed by atoms with van der Waals surface area (Å²) in [4.78, 5) is 0. The van der Waals surface area contributed by atoms with Gasteiger partial charge in [-0.05, 0) is 17.4 Å². The number of ether oxygens (including phenoxy) is 1. The minimum atomic E-state index is -0.0556. The molecule has 0 radical (unpaired) electrons. The number of aromatic amines is 1. The van der Waals surface area contributed by atoms with Gasteiger partial charge in [0.1, 0.15) is 6.10 Å². The number of aromatic nitrogens is 4. The maximum atomic E-state index is 4.92. The Balaban J connectivity index is 2.65. The van der Waals surface area contributed by atoms with Crippen LogP contribution in [-0.4, -0.2) is 27.7 Å². The quantitative estimate of drug-likeness (QED) is 0.604. The van der Waals surface area contributed by atoms with Crippen molar-refractivity contribution in [2.24, 2.45) is 0 Å². The van der Waals surface area contributed by atoms with Crippen molar-refractivity contribution in [2.45, 2.75) is 13.0 Å². The van der Waals surface area contributed by atoms with Crippen molar-refractivity contribution < 1.29 is 4.74 Å². The fraction of sp³-hybridized carbons (Fsp3) is 0.750. The van der Waals surface area contributed by atoms with Gasteiger partial charge in [-0.2, -0.15) is 0 Å². The Morgan fingerprint density at radius 2 is 2.44 bits per heavy atom. The standard InChI is InChI=1S/C4H8N4O/c1-3(9-2)4-5-7-8-6-4/h3H,1-2H3,(H,5,6,7,8). The van der Waals surface area contributed by atoms with Gasteiger partial charge in [0.25, 0.3) is 0 Å². The van der Waals surface area contributed by atoms with E-state index >= 15 is 0 Å². The molecule has 1 atom stereocenters. The van der Waals surface area contributed by atoms with Gasteiger partial charge in [0.05, 0.1) is 0 Å². The first-order chi connectivity index (χ1) is 4.34. The molecule has 0 aliphatic carbocycles. The monoisotopic (exact) mass is 128 g/mol. The Kier molecular flexibility index (Phi) is 1.74. The van der Waals surface area contributed by atoms with Crippen molar-refractivity contribution in [3.8, 4) is 0 Å². The van der Waals surface area contributed by atoms with Crippen molar-refractivity contribution in [3.05, 3.63) is 5.82 Å². The maximum Gasteiger partial charge on any atom is 0.177 e. The van der Waals surface area contributed by atoms with E-state index in [4.69, 9.17) is 4.74 Å². The van der Waals surface area contributed by atoms with Crippen LogP contribution in [0.15, 0.2) is 0 Å². The lowest BCUT2D eigenvalue weighted by Crippen LogP contribution is -1.97. The van der Waals surface area contributed by atoms with Gasteiger partial charge in [-0.25, -0.2) is 5.10 Å². The third-order valence-corrected chi connectivity index (χ3v) is 1.10. The van der Waals surface area contributed by atoms with Crippen LogP contribution in [0, 0.1) is 0 Å². The molecule has 50 valence electrons. The van der Waals surface area contributed by atoms with Gasteiger partial charge in [-0.3, -0.25) is 0 Å². The Labute approximate surface area is 52.4 Å². The molecule has 1 aromatic rings. The Hall–Kier alpha value is -0.970. The van der Waals surface area contributed by atoms with E-state index in [0.717, 1.165) is 0 Å². The van der Waals surface area contributed by atoms with E-state index in [0.29, 0.717) is 5.82 Å². The minimum Gasteiger partial charge on any atom is -0.374 e. The number of hydrogen-bond donors (Lipinski definition) is 1. The summed E-state index contributed by atoms with van der Waals surface area (Å²) in [5, 5.41) is 13.0. The molecule has 1 N–H and O–H groups in total. The van der Waals surface area contributed by atoms with E-state index < -0.39 is 0 Å². The summed E-state index contributed by atoms with van der Waals surface area (Å²) in [6, 6.07) is 0. The van der Waals surface area contributed by atoms with Gasteiger partial charge >= 0.3 is 0 Å². The molecule has 5 heteroatoms. The first kappa shape index (κ1) is 6.15. The van der Waals surface area contributed by atoms with Crippen molar-refractivity contribution in [2.75, 3.05) is 7.11 Å². The van der Waals surface area contributed by atoms with Crippen LogP contribution in [0.3, 0.4) is 0 Å². The van der Waals surface area contributed by atoms with Crippen LogP contribution in [0.5, 0.6) is 0 Å². The third-order valence-electron chi connectivity index (χ3n) is 1.10. The van der Waals surface area contributed by atoms with Gasteiger partial charge in [0, 0.05) is 7.11 Å². The molecule has 0 aromatic carbocycles. The molecule has 0 spiro atoms. The zero-order chi connectivity index (χ0) is 6.69. The Morgan fingerprint density at radius 3 is 2.89 bits per heavy atom. The second-order valence-electron chi connectivity index (χ2n) is 1.66. The van der Waals surface area contributed by atoms with Gasteiger partial charge < -0.3 is 4.74 Å². The first-order valence-corrected chi connectivity index (χ1v) is 2.61. The van der Waals surface area contributed by atoms with Crippen LogP contribution in [0.25, 0.3) is 0 Å². The van der Waals surface area contributed by atoms with Crippen molar-refractivity contribution in [1.82, 2.24) is 20.6 Å². The second kappa shape index (κ2) is 2.54. The molecule has 0 bridgehead atoms. The zero-order valence-corrected chi connectivity index (χ0v) is 5.33. The summed E-state index contributed by atoms with van der Waals surface area (Å²) >= 11 is 0. The maximum absolute atomic E-state index is 4.92. The number of nitrogens with zero attached hydrogens (tertiary/aromatic N) is 3. The number of methoxy groups -OCH3 is 1. The normalized spacial score (nSPS) is 13.6. The molecule has 0 amide bonds. The van der Waals surface area contributed by atoms with E-state index in [1.165, 1.54) is 0 Å². The van der Waals surface area contributed by atoms with Crippen LogP contribution >= 0.6 is 0 Å². The van der Waals surface area contributed by atoms with E-state index in [-0.39, 0.29) is 6.10 Å². The van der Waals surface area contributed by atoms with E-state index in [2.05, 4.69) is 20.6 Å². The average molecular weight is 128 g/mol. The molecule has 1 rings (SSSR count). The van der Waals surface area contributed by atoms with Gasteiger partial charge in [0.2, 0.25) is 0 Å². The molecule has 0 aliphatic heterocycles. The highest BCUT2D eigenvalue weighted by molar-refractivity contribution is 4.80. The van der Waals surface area contributed by atoms with Gasteiger partial charge in [0.15, 0.2) is 5.82 Å². The number of tetrazole rings is 1. The molecule has 5 nitrogen and oxygen atoms in total. The Bertz CT molecular complexity index is 161. The smallest absolute Gasteiger partial charge is 0.177 e. The van der Waals surface area contributed by atoms with Crippen LogP contribution in [0.1, 0.15) is 18.9 Å². The SMILES string of the molecule is COC(C)c1nnn[nH]1. The van der Waals surface area contributed by atoms with Crippen LogP contribution in [0.4, 0.5) is 0 Å². The number of rotatable bonds is 2. The summed E-state index contributed by atoms with van der Waals surface area (Å²) in [6.45, 7) is 1.86. The highest BCUT2D eigenvalue weighted by Crippen LogP contribution is 2.06. The summed E-state index contributed by atoms with van der Waals surface area (Å²) in [6.07, 6.45) is -0.0556. The average Bonchev–Trinajstić information content (AvgIpc) is 2.37. The van der Waals surface area contributed by atoms with Crippen molar-refractivity contribution in [1.29, 1.82) is 0 Å². The molecule has 0 aliphatic rings. The predicted octanol–water partition coefficient (Wildman–Crippen LogP) is -0.0929. The van der Waals surface area contributed by atoms with Gasteiger partial charge in [-0.1, -0.05) is 0 Å². The highest BCUT2D eigenvalue weighted by Gasteiger charge is 2.05. The van der Waals surface area contributed by atoms with E-state index in [1.54, 1.807) is 7.11 Å². The summed E-state index contributed by atoms with van der Waals surface area (Å²) in [5.41, 5.74) is 0. The predicted molar refractivity (Wildman–Crippen MR) is 29.6 cm³/mol. The topological polar surface area (TPSA) is 63.7 Å². The fourth-order valence-corrected chi connectivity index (χ4v) is 0.450. The molecule has 0 fully saturated rings. The molecule has 1 heterocycles. The van der Waals surface area contributed by atoms with Crippen LogP contribution in [-0.2, 0) is 4.74 Å². The first-order valence-electron chi connectivity index (χ1n) is 2.61. The molecular formula is C4H8N4O. The van der Waals surface area contributed by atoms with Gasteiger partial charge in [-0.15, -0.1) is 5.10 Å². The number of nitrogens with one attached hydrogen (secondary N) is 1. The fourth-order valence-electron chi connectivity index (χ4n) is 0.450. The largest absolute Gasteiger partial charge is 0.374 e. The molecule has 0 saturated heterocycles. The molecule has 0 saturated carbocycles. The summed E-state index contributed by atoms with van der Waals surface area (Å²) < 4.78 is 4.92. The van der Waals surface area contributed by atoms with Crippen molar-refractivity contribution in [3.63, 3.8) is 0 Å². The molecule has 1 unspecified atom stereocenters. The lowest BCUT2D eigenvalue weighted by molar-refractivity contribution is 0.112. The minimum absolute atomic E-state index is 0.0556. The number of H-pyrrole nitrogens is 1. The Morgan fingerprint density at radius 1 is 1.67 bits per heavy atom. The van der Waals surface area contributed by atoms with Crippen LogP contribution in [0.2, 0.25) is 0 Å². The lowest BCUT2D eigenvalue weighted by atomic mass is 10.4. The van der Waals surface area contributed by atoms with Crippen LogP contribution < -0.4 is 0 Å².